The second kappa shape index (κ2) is 11.3. The van der Waals surface area contributed by atoms with Gasteiger partial charge in [-0.2, -0.15) is 0 Å². The number of hydrogen-bond acceptors (Lipinski definition) is 4. The van der Waals surface area contributed by atoms with Crippen molar-refractivity contribution < 1.29 is 19.1 Å². The fourth-order valence-electron chi connectivity index (χ4n) is 3.66. The zero-order valence-corrected chi connectivity index (χ0v) is 18.0. The van der Waals surface area contributed by atoms with Crippen molar-refractivity contribution in [1.29, 1.82) is 0 Å². The Hall–Kier alpha value is -3.15. The number of likely N-dealkylation sites (tertiary alicyclic amines) is 1. The number of anilines is 1. The zero-order valence-electron chi connectivity index (χ0n) is 18.0. The van der Waals surface area contributed by atoms with Gasteiger partial charge >= 0.3 is 0 Å². The second-order valence-electron chi connectivity index (χ2n) is 7.83. The molecule has 1 aliphatic heterocycles. The van der Waals surface area contributed by atoms with Crippen molar-refractivity contribution in [3.8, 4) is 5.75 Å². The quantitative estimate of drug-likeness (QED) is 0.611. The van der Waals surface area contributed by atoms with Gasteiger partial charge in [0.2, 0.25) is 11.8 Å². The van der Waals surface area contributed by atoms with Crippen molar-refractivity contribution in [2.45, 2.75) is 39.0 Å². The van der Waals surface area contributed by atoms with Gasteiger partial charge in [0.05, 0.1) is 12.5 Å². The minimum absolute atomic E-state index is 0.0641. The third-order valence-corrected chi connectivity index (χ3v) is 5.40. The molecule has 1 atom stereocenters. The van der Waals surface area contributed by atoms with Gasteiger partial charge in [0.1, 0.15) is 5.75 Å². The maximum Gasteiger partial charge on any atom is 0.229 e. The molecule has 0 radical (unpaired) electrons. The summed E-state index contributed by atoms with van der Waals surface area (Å²) >= 11 is 0. The van der Waals surface area contributed by atoms with Gasteiger partial charge in [-0.25, -0.2) is 0 Å². The molecule has 1 N–H and O–H groups in total. The highest BCUT2D eigenvalue weighted by Gasteiger charge is 2.28. The van der Waals surface area contributed by atoms with Gasteiger partial charge in [0.25, 0.3) is 0 Å². The topological polar surface area (TPSA) is 75.7 Å². The normalized spacial score (nSPS) is 15.9. The monoisotopic (exact) mass is 422 g/mol. The van der Waals surface area contributed by atoms with Crippen LogP contribution in [0.5, 0.6) is 5.75 Å². The molecular formula is C25H30N2O4. The van der Waals surface area contributed by atoms with E-state index in [0.29, 0.717) is 25.3 Å². The number of amides is 2. The number of para-hydroxylation sites is 1. The summed E-state index contributed by atoms with van der Waals surface area (Å²) in [5, 5.41) is 2.92. The summed E-state index contributed by atoms with van der Waals surface area (Å²) in [5.41, 5.74) is 1.34. The van der Waals surface area contributed by atoms with E-state index in [1.807, 2.05) is 37.3 Å². The fraction of sp³-hybridized carbons (Fsp3) is 0.400. The van der Waals surface area contributed by atoms with Crippen LogP contribution < -0.4 is 10.1 Å². The smallest absolute Gasteiger partial charge is 0.229 e. The summed E-state index contributed by atoms with van der Waals surface area (Å²) in [6, 6.07) is 16.4. The molecule has 0 aliphatic carbocycles. The number of hydrogen-bond donors (Lipinski definition) is 1. The first-order chi connectivity index (χ1) is 15.1. The van der Waals surface area contributed by atoms with Gasteiger partial charge in [-0.15, -0.1) is 0 Å². The third kappa shape index (κ3) is 6.67. The lowest BCUT2D eigenvalue weighted by atomic mass is 9.96. The van der Waals surface area contributed by atoms with E-state index in [0.717, 1.165) is 30.7 Å². The van der Waals surface area contributed by atoms with Crippen LogP contribution in [0.1, 0.15) is 49.4 Å². The van der Waals surface area contributed by atoms with E-state index in [-0.39, 0.29) is 36.4 Å². The Morgan fingerprint density at radius 1 is 1.03 bits per heavy atom. The summed E-state index contributed by atoms with van der Waals surface area (Å²) in [5.74, 6) is 0.302. The molecule has 0 saturated carbocycles. The Kier molecular flexibility index (Phi) is 8.21. The first-order valence-electron chi connectivity index (χ1n) is 11.0. The van der Waals surface area contributed by atoms with Crippen LogP contribution in [0.15, 0.2) is 54.6 Å². The summed E-state index contributed by atoms with van der Waals surface area (Å²) in [6.07, 6.45) is 2.78. The molecule has 2 aromatic carbocycles. The molecule has 31 heavy (non-hydrogen) atoms. The highest BCUT2D eigenvalue weighted by molar-refractivity contribution is 5.98. The highest BCUT2D eigenvalue weighted by Crippen LogP contribution is 2.20. The highest BCUT2D eigenvalue weighted by atomic mass is 16.5. The zero-order chi connectivity index (χ0) is 22.1. The molecule has 6 heteroatoms. The molecule has 0 spiro atoms. The van der Waals surface area contributed by atoms with Gasteiger partial charge in [-0.3, -0.25) is 14.4 Å². The van der Waals surface area contributed by atoms with Crippen LogP contribution in [-0.4, -0.2) is 42.2 Å². The van der Waals surface area contributed by atoms with E-state index in [4.69, 9.17) is 4.74 Å². The lowest BCUT2D eigenvalue weighted by Gasteiger charge is -2.32. The van der Waals surface area contributed by atoms with Crippen molar-refractivity contribution in [1.82, 2.24) is 4.90 Å². The molecule has 164 valence electrons. The Balaban J connectivity index is 1.47. The van der Waals surface area contributed by atoms with E-state index in [1.54, 1.807) is 29.2 Å². The molecule has 3 rings (SSSR count). The first kappa shape index (κ1) is 22.5. The van der Waals surface area contributed by atoms with E-state index in [1.165, 1.54) is 0 Å². The number of piperidine rings is 1. The number of carbonyl (C=O) groups excluding carboxylic acids is 3. The van der Waals surface area contributed by atoms with Crippen LogP contribution in [-0.2, 0) is 9.59 Å². The largest absolute Gasteiger partial charge is 0.494 e. The third-order valence-electron chi connectivity index (χ3n) is 5.40. The summed E-state index contributed by atoms with van der Waals surface area (Å²) in [6.45, 7) is 3.71. The van der Waals surface area contributed by atoms with Gasteiger partial charge in [-0.05, 0) is 55.7 Å². The van der Waals surface area contributed by atoms with Gasteiger partial charge in [-0.1, -0.05) is 25.1 Å². The van der Waals surface area contributed by atoms with Gasteiger partial charge in [0.15, 0.2) is 5.78 Å². The van der Waals surface area contributed by atoms with E-state index in [2.05, 4.69) is 5.32 Å². The van der Waals surface area contributed by atoms with Crippen molar-refractivity contribution >= 4 is 23.3 Å². The van der Waals surface area contributed by atoms with Crippen molar-refractivity contribution in [2.75, 3.05) is 25.0 Å². The predicted octanol–water partition coefficient (Wildman–Crippen LogP) is 4.32. The first-order valence-corrected chi connectivity index (χ1v) is 11.0. The molecule has 1 heterocycles. The Labute approximate surface area is 183 Å². The minimum atomic E-state index is -0.232. The molecule has 2 aromatic rings. The Morgan fingerprint density at radius 2 is 1.77 bits per heavy atom. The molecule has 1 unspecified atom stereocenters. The van der Waals surface area contributed by atoms with Crippen LogP contribution in [0, 0.1) is 5.92 Å². The molecule has 6 nitrogen and oxygen atoms in total. The number of benzene rings is 2. The average molecular weight is 423 g/mol. The second-order valence-corrected chi connectivity index (χ2v) is 7.83. The van der Waals surface area contributed by atoms with Crippen molar-refractivity contribution in [2.24, 2.45) is 5.92 Å². The number of ether oxygens (including phenoxy) is 1. The number of nitrogens with one attached hydrogen (secondary N) is 1. The Bertz CT molecular complexity index is 880. The lowest BCUT2D eigenvalue weighted by molar-refractivity contribution is -0.134. The molecule has 0 aromatic heterocycles. The molecule has 0 bridgehead atoms. The average Bonchev–Trinajstić information content (AvgIpc) is 2.82. The maximum absolute atomic E-state index is 12.7. The molecular weight excluding hydrogens is 392 g/mol. The van der Waals surface area contributed by atoms with Crippen LogP contribution in [0.2, 0.25) is 0 Å². The van der Waals surface area contributed by atoms with Crippen molar-refractivity contribution in [3.63, 3.8) is 0 Å². The van der Waals surface area contributed by atoms with E-state index >= 15 is 0 Å². The number of ketones is 1. The molecule has 1 fully saturated rings. The number of rotatable bonds is 9. The molecule has 1 aliphatic rings. The van der Waals surface area contributed by atoms with Crippen LogP contribution in [0.4, 0.5) is 5.69 Å². The number of carbonyl (C=O) groups is 3. The number of nitrogens with zero attached hydrogens (tertiary/aromatic N) is 1. The Morgan fingerprint density at radius 3 is 2.48 bits per heavy atom. The fourth-order valence-corrected chi connectivity index (χ4v) is 3.66. The molecule has 2 amide bonds. The van der Waals surface area contributed by atoms with E-state index in [9.17, 15) is 14.4 Å². The van der Waals surface area contributed by atoms with Crippen molar-refractivity contribution in [3.05, 3.63) is 60.2 Å². The van der Waals surface area contributed by atoms with Gasteiger partial charge in [0, 0.05) is 37.2 Å². The van der Waals surface area contributed by atoms with E-state index < -0.39 is 0 Å². The molecule has 1 saturated heterocycles. The van der Waals surface area contributed by atoms with Gasteiger partial charge < -0.3 is 15.0 Å². The predicted molar refractivity (Wildman–Crippen MR) is 120 cm³/mol. The summed E-state index contributed by atoms with van der Waals surface area (Å²) < 4.78 is 5.53. The van der Waals surface area contributed by atoms with Crippen LogP contribution >= 0.6 is 0 Å². The summed E-state index contributed by atoms with van der Waals surface area (Å²) in [7, 11) is 0. The minimum Gasteiger partial charge on any atom is -0.494 e. The van der Waals surface area contributed by atoms with Crippen LogP contribution in [0.25, 0.3) is 0 Å². The standard InChI is InChI=1S/C25H30N2O4/c1-2-17-31-22-12-10-19(11-13-22)23(28)14-15-24(29)27-16-6-7-20(18-27)25(30)26-21-8-4-3-5-9-21/h3-5,8-13,20H,2,6-7,14-18H2,1H3,(H,26,30). The lowest BCUT2D eigenvalue weighted by Crippen LogP contribution is -2.43. The maximum atomic E-state index is 12.7. The van der Waals surface area contributed by atoms with Crippen LogP contribution in [0.3, 0.4) is 0 Å². The number of Topliss-reactive ketones (excluding diaryl/α,β-unsaturated/α-hetero) is 1. The summed E-state index contributed by atoms with van der Waals surface area (Å²) in [4.78, 5) is 39.4. The SMILES string of the molecule is CCCOc1ccc(C(=O)CCC(=O)N2CCCC(C(=O)Nc3ccccc3)C2)cc1.